The minimum absolute atomic E-state index is 0. The van der Waals surface area contributed by atoms with E-state index in [1.165, 1.54) is 0 Å². The number of methoxy groups -OCH3 is 1. The van der Waals surface area contributed by atoms with Gasteiger partial charge in [0.05, 0.1) is 12.7 Å². The second kappa shape index (κ2) is 8.52. The van der Waals surface area contributed by atoms with Gasteiger partial charge in [-0.2, -0.15) is 0 Å². The Morgan fingerprint density at radius 1 is 1.13 bits per heavy atom. The molecule has 0 aromatic heterocycles. The van der Waals surface area contributed by atoms with Crippen LogP contribution in [0.2, 0.25) is 0 Å². The summed E-state index contributed by atoms with van der Waals surface area (Å²) in [4.78, 5) is 23.0. The zero-order valence-corrected chi connectivity index (χ0v) is 16.7. The van der Waals surface area contributed by atoms with Gasteiger partial charge < -0.3 is 22.4 Å². The number of halogens is 3. The molecule has 23 heavy (non-hydrogen) atoms. The molecule has 0 unspecified atom stereocenters. The van der Waals surface area contributed by atoms with Crippen LogP contribution in [0.1, 0.15) is 31.1 Å². The van der Waals surface area contributed by atoms with Crippen LogP contribution in [-0.4, -0.2) is 31.8 Å². The van der Waals surface area contributed by atoms with E-state index in [-0.39, 0.29) is 62.6 Å². The third kappa shape index (κ3) is 7.71. The van der Waals surface area contributed by atoms with E-state index in [9.17, 15) is 22.5 Å². The Morgan fingerprint density at radius 3 is 2.13 bits per heavy atom. The van der Waals surface area contributed by atoms with Crippen molar-refractivity contribution in [2.24, 2.45) is 0 Å². The van der Waals surface area contributed by atoms with Gasteiger partial charge in [0.2, 0.25) is 0 Å². The number of esters is 1. The van der Waals surface area contributed by atoms with Crippen molar-refractivity contribution in [3.8, 4) is 0 Å². The number of anilines is 1. The van der Waals surface area contributed by atoms with E-state index in [0.717, 1.165) is 19.2 Å². The van der Waals surface area contributed by atoms with E-state index in [4.69, 9.17) is 4.74 Å². The standard InChI is InChI=1S/C13H16BF3NO4.K/c1-13(2,3)22-12(20)18-10-6-8(11(19)21-4)5-9(7-10)14(15,16)17;/h5-7H,1-4H3,(H,18,20);/q-1;+1. The number of rotatable bonds is 3. The number of benzene rings is 1. The molecular formula is C13H16BF3KNO4. The van der Waals surface area contributed by atoms with Gasteiger partial charge in [0, 0.05) is 5.69 Å². The van der Waals surface area contributed by atoms with Crippen molar-refractivity contribution in [2.75, 3.05) is 12.4 Å². The first-order chi connectivity index (χ1) is 9.92. The molecule has 122 valence electrons. The molecule has 0 fully saturated rings. The fraction of sp³-hybridized carbons (Fsp3) is 0.385. The van der Waals surface area contributed by atoms with Gasteiger partial charge in [0.25, 0.3) is 0 Å². The zero-order valence-electron chi connectivity index (χ0n) is 13.6. The third-order valence-corrected chi connectivity index (χ3v) is 2.40. The van der Waals surface area contributed by atoms with Gasteiger partial charge in [-0.05, 0) is 26.8 Å². The van der Waals surface area contributed by atoms with Gasteiger partial charge in [-0.3, -0.25) is 5.32 Å². The summed E-state index contributed by atoms with van der Waals surface area (Å²) in [5.74, 6) is -0.936. The van der Waals surface area contributed by atoms with Crippen molar-refractivity contribution in [3.63, 3.8) is 0 Å². The first-order valence-electron chi connectivity index (χ1n) is 6.35. The van der Waals surface area contributed by atoms with Gasteiger partial charge >= 0.3 is 70.4 Å². The van der Waals surface area contributed by atoms with E-state index < -0.39 is 30.1 Å². The molecule has 1 aromatic carbocycles. The summed E-state index contributed by atoms with van der Waals surface area (Å²) in [5, 5.41) is 2.17. The summed E-state index contributed by atoms with van der Waals surface area (Å²) in [5.41, 5.74) is -2.34. The Labute approximate surface area is 174 Å². The van der Waals surface area contributed by atoms with Crippen LogP contribution in [0.3, 0.4) is 0 Å². The molecule has 0 saturated carbocycles. The number of carbonyl (C=O) groups is 2. The van der Waals surface area contributed by atoms with Crippen molar-refractivity contribution >= 4 is 30.2 Å². The molecule has 0 aliphatic carbocycles. The first-order valence-corrected chi connectivity index (χ1v) is 6.35. The van der Waals surface area contributed by atoms with Crippen LogP contribution in [0, 0.1) is 0 Å². The number of hydrogen-bond acceptors (Lipinski definition) is 4. The van der Waals surface area contributed by atoms with Gasteiger partial charge in [-0.1, -0.05) is 12.1 Å². The van der Waals surface area contributed by atoms with Crippen molar-refractivity contribution in [3.05, 3.63) is 23.8 Å². The molecule has 0 radical (unpaired) electrons. The summed E-state index contributed by atoms with van der Waals surface area (Å²) in [6, 6.07) is 2.49. The maximum absolute atomic E-state index is 12.9. The van der Waals surface area contributed by atoms with Crippen LogP contribution in [0.15, 0.2) is 18.2 Å². The minimum atomic E-state index is -5.34. The Balaban J connectivity index is 0.00000484. The van der Waals surface area contributed by atoms with Gasteiger partial charge in [-0.15, -0.1) is 5.46 Å². The van der Waals surface area contributed by atoms with Crippen molar-refractivity contribution in [1.29, 1.82) is 0 Å². The number of hydrogen-bond donors (Lipinski definition) is 1. The Morgan fingerprint density at radius 2 is 1.70 bits per heavy atom. The molecule has 0 atom stereocenters. The molecule has 5 nitrogen and oxygen atoms in total. The molecule has 0 heterocycles. The topological polar surface area (TPSA) is 64.6 Å². The number of nitrogens with one attached hydrogen (secondary N) is 1. The molecule has 1 N–H and O–H groups in total. The van der Waals surface area contributed by atoms with Crippen molar-refractivity contribution in [2.45, 2.75) is 26.4 Å². The number of ether oxygens (including phenoxy) is 2. The van der Waals surface area contributed by atoms with E-state index in [1.54, 1.807) is 20.8 Å². The van der Waals surface area contributed by atoms with Gasteiger partial charge in [0.15, 0.2) is 0 Å². The predicted octanol–water partition coefficient (Wildman–Crippen LogP) is -0.121. The molecule has 1 rings (SSSR count). The molecular weight excluding hydrogens is 341 g/mol. The van der Waals surface area contributed by atoms with Crippen LogP contribution >= 0.6 is 0 Å². The van der Waals surface area contributed by atoms with E-state index in [1.807, 2.05) is 0 Å². The zero-order chi connectivity index (χ0) is 17.1. The van der Waals surface area contributed by atoms with E-state index in [2.05, 4.69) is 10.1 Å². The van der Waals surface area contributed by atoms with Crippen molar-refractivity contribution in [1.82, 2.24) is 0 Å². The molecule has 0 bridgehead atoms. The van der Waals surface area contributed by atoms with Crippen LogP contribution in [0.25, 0.3) is 0 Å². The summed E-state index contributed by atoms with van der Waals surface area (Å²) >= 11 is 0. The SMILES string of the molecule is COC(=O)c1cc(NC(=O)OC(C)(C)C)cc([B-](F)(F)F)c1.[K+]. The maximum Gasteiger partial charge on any atom is 1.00 e. The largest absolute Gasteiger partial charge is 1.00 e. The monoisotopic (exact) mass is 357 g/mol. The molecule has 1 aromatic rings. The summed E-state index contributed by atoms with van der Waals surface area (Å²) in [6.07, 6.45) is -0.921. The minimum Gasteiger partial charge on any atom is -0.465 e. The van der Waals surface area contributed by atoms with E-state index in [0.29, 0.717) is 6.07 Å². The second-order valence-electron chi connectivity index (χ2n) is 5.54. The van der Waals surface area contributed by atoms with E-state index >= 15 is 0 Å². The smallest absolute Gasteiger partial charge is 0.465 e. The van der Waals surface area contributed by atoms with Crippen LogP contribution in [0.5, 0.6) is 0 Å². The number of amides is 1. The third-order valence-electron chi connectivity index (χ3n) is 2.40. The number of carbonyl (C=O) groups excluding carboxylic acids is 2. The Kier molecular flexibility index (Phi) is 8.32. The molecule has 10 heteroatoms. The average Bonchev–Trinajstić information content (AvgIpc) is 2.33. The van der Waals surface area contributed by atoms with Gasteiger partial charge in [-0.25, -0.2) is 9.59 Å². The van der Waals surface area contributed by atoms with Crippen molar-refractivity contribution < 1.29 is 83.4 Å². The Bertz CT molecular complexity index is 588. The molecule has 0 spiro atoms. The van der Waals surface area contributed by atoms with Gasteiger partial charge in [0.1, 0.15) is 5.60 Å². The summed E-state index contributed by atoms with van der Waals surface area (Å²) < 4.78 is 48.0. The second-order valence-corrected chi connectivity index (χ2v) is 5.54. The normalized spacial score (nSPS) is 11.3. The fourth-order valence-corrected chi connectivity index (χ4v) is 1.57. The quantitative estimate of drug-likeness (QED) is 0.605. The molecule has 0 aliphatic heterocycles. The Hall–Kier alpha value is -0.549. The van der Waals surface area contributed by atoms with Crippen LogP contribution in [-0.2, 0) is 9.47 Å². The molecule has 0 saturated heterocycles. The van der Waals surface area contributed by atoms with Crippen LogP contribution in [0.4, 0.5) is 23.4 Å². The molecule has 0 aliphatic rings. The maximum atomic E-state index is 12.9. The summed E-state index contributed by atoms with van der Waals surface area (Å²) in [6.45, 7) is -0.500. The average molecular weight is 357 g/mol. The first kappa shape index (κ1) is 22.5. The predicted molar refractivity (Wildman–Crippen MR) is 76.4 cm³/mol. The molecule has 1 amide bonds. The fourth-order valence-electron chi connectivity index (χ4n) is 1.57. The van der Waals surface area contributed by atoms with Crippen LogP contribution < -0.4 is 62.2 Å². The summed E-state index contributed by atoms with van der Waals surface area (Å²) in [7, 11) is 1.05.